The lowest BCUT2D eigenvalue weighted by atomic mass is 9.93. The molecule has 0 spiro atoms. The smallest absolute Gasteiger partial charge is 0.282 e. The summed E-state index contributed by atoms with van der Waals surface area (Å²) in [6.07, 6.45) is 0.776. The first-order valence-corrected chi connectivity index (χ1v) is 9.86. The number of carbonyl (C=O) groups excluding carboxylic acids is 2. The van der Waals surface area contributed by atoms with Gasteiger partial charge in [-0.1, -0.05) is 18.5 Å². The lowest BCUT2D eigenvalue weighted by Crippen LogP contribution is -2.42. The minimum atomic E-state index is -0.695. The number of rotatable bonds is 5. The Hall–Kier alpha value is -3.13. The van der Waals surface area contributed by atoms with E-state index in [9.17, 15) is 19.7 Å². The number of halogens is 1. The lowest BCUT2D eigenvalue weighted by molar-refractivity contribution is -0.385. The van der Waals surface area contributed by atoms with E-state index in [1.807, 2.05) is 20.8 Å². The highest BCUT2D eigenvalue weighted by Crippen LogP contribution is 2.38. The Morgan fingerprint density at radius 1 is 1.30 bits per heavy atom. The summed E-state index contributed by atoms with van der Waals surface area (Å²) >= 11 is 5.91. The molecule has 0 aromatic heterocycles. The zero-order valence-corrected chi connectivity index (χ0v) is 17.7. The van der Waals surface area contributed by atoms with Crippen molar-refractivity contribution in [3.05, 3.63) is 57.1 Å². The second kappa shape index (κ2) is 8.31. The van der Waals surface area contributed by atoms with E-state index < -0.39 is 16.2 Å². The summed E-state index contributed by atoms with van der Waals surface area (Å²) < 4.78 is 5.88. The summed E-state index contributed by atoms with van der Waals surface area (Å²) in [6.45, 7) is 6.36. The van der Waals surface area contributed by atoms with Crippen LogP contribution in [-0.4, -0.2) is 29.9 Å². The number of carbonyl (C=O) groups is 2. The molecule has 30 heavy (non-hydrogen) atoms. The van der Waals surface area contributed by atoms with Gasteiger partial charge in [-0.2, -0.15) is 0 Å². The second-order valence-electron chi connectivity index (χ2n) is 7.68. The van der Waals surface area contributed by atoms with Crippen LogP contribution in [0, 0.1) is 15.5 Å². The van der Waals surface area contributed by atoms with Crippen LogP contribution in [-0.2, 0) is 4.79 Å². The number of amides is 2. The van der Waals surface area contributed by atoms with E-state index in [2.05, 4.69) is 5.32 Å². The minimum Gasteiger partial charge on any atom is -0.490 e. The van der Waals surface area contributed by atoms with Crippen LogP contribution in [0.5, 0.6) is 5.75 Å². The molecule has 0 saturated heterocycles. The van der Waals surface area contributed by atoms with Gasteiger partial charge in [0.15, 0.2) is 0 Å². The van der Waals surface area contributed by atoms with Gasteiger partial charge in [0.25, 0.3) is 11.6 Å². The standard InChI is InChI=1S/C21H22ClN3O5/c1-4-9-24-17-8-6-14(11-18(17)30-12-21(2,3)20(24)27)23-19(26)15-10-13(22)5-7-16(15)25(28)29/h5-8,10-11H,4,9,12H2,1-3H3,(H,23,26). The number of nitro groups is 1. The summed E-state index contributed by atoms with van der Waals surface area (Å²) in [6, 6.07) is 8.73. The van der Waals surface area contributed by atoms with Crippen molar-refractivity contribution < 1.29 is 19.2 Å². The maximum absolute atomic E-state index is 12.9. The maximum atomic E-state index is 12.9. The number of fused-ring (bicyclic) bond motifs is 1. The van der Waals surface area contributed by atoms with Gasteiger partial charge in [-0.05, 0) is 44.5 Å². The highest BCUT2D eigenvalue weighted by molar-refractivity contribution is 6.31. The van der Waals surface area contributed by atoms with Gasteiger partial charge in [0, 0.05) is 29.4 Å². The van der Waals surface area contributed by atoms with Gasteiger partial charge in [0.05, 0.1) is 16.0 Å². The Balaban J connectivity index is 1.93. The molecular formula is C21H22ClN3O5. The van der Waals surface area contributed by atoms with E-state index in [4.69, 9.17) is 16.3 Å². The number of nitro benzene ring substituents is 1. The Morgan fingerprint density at radius 3 is 2.70 bits per heavy atom. The van der Waals surface area contributed by atoms with Gasteiger partial charge >= 0.3 is 0 Å². The molecule has 0 bridgehead atoms. The quantitative estimate of drug-likeness (QED) is 0.547. The van der Waals surface area contributed by atoms with E-state index in [1.165, 1.54) is 18.2 Å². The molecule has 2 amide bonds. The normalized spacial score (nSPS) is 15.1. The van der Waals surface area contributed by atoms with Crippen molar-refractivity contribution in [1.29, 1.82) is 0 Å². The molecule has 2 aromatic rings. The fraction of sp³-hybridized carbons (Fsp3) is 0.333. The molecule has 9 heteroatoms. The predicted octanol–water partition coefficient (Wildman–Crippen LogP) is 4.66. The molecule has 0 unspecified atom stereocenters. The molecule has 158 valence electrons. The van der Waals surface area contributed by atoms with Crippen molar-refractivity contribution in [3.63, 3.8) is 0 Å². The Bertz CT molecular complexity index is 1020. The SMILES string of the molecule is CCCN1C(=O)C(C)(C)COc2cc(NC(=O)c3cc(Cl)ccc3[N+](=O)[O-])ccc21. The third kappa shape index (κ3) is 4.23. The maximum Gasteiger partial charge on any atom is 0.282 e. The summed E-state index contributed by atoms with van der Waals surface area (Å²) in [5, 5.41) is 14.1. The van der Waals surface area contributed by atoms with Crippen LogP contribution in [0.1, 0.15) is 37.6 Å². The van der Waals surface area contributed by atoms with Crippen molar-refractivity contribution >= 4 is 40.5 Å². The van der Waals surface area contributed by atoms with Gasteiger partial charge in [0.2, 0.25) is 5.91 Å². The Labute approximate surface area is 178 Å². The number of ether oxygens (including phenoxy) is 1. The van der Waals surface area contributed by atoms with Crippen LogP contribution in [0.4, 0.5) is 17.1 Å². The van der Waals surface area contributed by atoms with E-state index in [0.29, 0.717) is 23.7 Å². The zero-order chi connectivity index (χ0) is 22.1. The molecule has 8 nitrogen and oxygen atoms in total. The van der Waals surface area contributed by atoms with Gasteiger partial charge in [-0.3, -0.25) is 19.7 Å². The molecule has 2 aromatic carbocycles. The third-order valence-corrected chi connectivity index (χ3v) is 5.00. The molecule has 0 fully saturated rings. The highest BCUT2D eigenvalue weighted by Gasteiger charge is 2.37. The van der Waals surface area contributed by atoms with E-state index >= 15 is 0 Å². The van der Waals surface area contributed by atoms with Gasteiger partial charge in [-0.25, -0.2) is 0 Å². The van der Waals surface area contributed by atoms with Crippen LogP contribution in [0.15, 0.2) is 36.4 Å². The number of hydrogen-bond donors (Lipinski definition) is 1. The molecule has 1 aliphatic rings. The average Bonchev–Trinajstić information content (AvgIpc) is 2.78. The molecule has 0 atom stereocenters. The number of anilines is 2. The number of hydrogen-bond acceptors (Lipinski definition) is 5. The zero-order valence-electron chi connectivity index (χ0n) is 16.9. The van der Waals surface area contributed by atoms with Crippen molar-refractivity contribution in [2.75, 3.05) is 23.4 Å². The first-order chi connectivity index (χ1) is 14.1. The third-order valence-electron chi connectivity index (χ3n) is 4.77. The van der Waals surface area contributed by atoms with Crippen LogP contribution < -0.4 is 15.0 Å². The first-order valence-electron chi connectivity index (χ1n) is 9.48. The molecule has 0 radical (unpaired) electrons. The van der Waals surface area contributed by atoms with Crippen molar-refractivity contribution in [2.24, 2.45) is 5.41 Å². The second-order valence-corrected chi connectivity index (χ2v) is 8.12. The van der Waals surface area contributed by atoms with E-state index in [-0.39, 0.29) is 28.8 Å². The minimum absolute atomic E-state index is 0.0329. The lowest BCUT2D eigenvalue weighted by Gasteiger charge is -2.27. The van der Waals surface area contributed by atoms with E-state index in [0.717, 1.165) is 6.42 Å². The monoisotopic (exact) mass is 431 g/mol. The van der Waals surface area contributed by atoms with Crippen LogP contribution in [0.2, 0.25) is 5.02 Å². The largest absolute Gasteiger partial charge is 0.490 e. The number of nitrogens with zero attached hydrogens (tertiary/aromatic N) is 2. The van der Waals surface area contributed by atoms with Crippen LogP contribution in [0.25, 0.3) is 0 Å². The average molecular weight is 432 g/mol. The van der Waals surface area contributed by atoms with Crippen LogP contribution in [0.3, 0.4) is 0 Å². The van der Waals surface area contributed by atoms with Crippen molar-refractivity contribution in [1.82, 2.24) is 0 Å². The molecular weight excluding hydrogens is 410 g/mol. The molecule has 1 heterocycles. The number of benzene rings is 2. The van der Waals surface area contributed by atoms with Gasteiger partial charge in [-0.15, -0.1) is 0 Å². The van der Waals surface area contributed by atoms with Crippen molar-refractivity contribution in [2.45, 2.75) is 27.2 Å². The van der Waals surface area contributed by atoms with Crippen molar-refractivity contribution in [3.8, 4) is 5.75 Å². The molecule has 1 N–H and O–H groups in total. The summed E-state index contributed by atoms with van der Waals surface area (Å²) in [5.41, 5.74) is -0.175. The van der Waals surface area contributed by atoms with Crippen LogP contribution >= 0.6 is 11.6 Å². The fourth-order valence-electron chi connectivity index (χ4n) is 3.22. The fourth-order valence-corrected chi connectivity index (χ4v) is 3.39. The predicted molar refractivity (Wildman–Crippen MR) is 114 cm³/mol. The molecule has 0 aliphatic carbocycles. The molecule has 0 saturated carbocycles. The molecule has 3 rings (SSSR count). The Morgan fingerprint density at radius 2 is 2.03 bits per heavy atom. The summed E-state index contributed by atoms with van der Waals surface area (Å²) in [4.78, 5) is 37.9. The van der Waals surface area contributed by atoms with E-state index in [1.54, 1.807) is 23.1 Å². The van der Waals surface area contributed by atoms with Gasteiger partial charge in [0.1, 0.15) is 17.9 Å². The number of nitrogens with one attached hydrogen (secondary N) is 1. The Kier molecular flexibility index (Phi) is 5.98. The topological polar surface area (TPSA) is 102 Å². The first kappa shape index (κ1) is 21.6. The summed E-state index contributed by atoms with van der Waals surface area (Å²) in [7, 11) is 0. The molecule has 1 aliphatic heterocycles. The highest BCUT2D eigenvalue weighted by atomic mass is 35.5. The van der Waals surface area contributed by atoms with Gasteiger partial charge < -0.3 is 15.0 Å². The summed E-state index contributed by atoms with van der Waals surface area (Å²) in [5.74, 6) is -0.241.